The molecule has 1 aliphatic heterocycles. The van der Waals surface area contributed by atoms with Crippen LogP contribution in [0.1, 0.15) is 53.3 Å². The molecule has 1 aromatic heterocycles. The van der Waals surface area contributed by atoms with Crippen LogP contribution in [0.15, 0.2) is 24.3 Å². The third-order valence-electron chi connectivity index (χ3n) is 6.13. The van der Waals surface area contributed by atoms with Crippen molar-refractivity contribution >= 4 is 22.8 Å². The highest BCUT2D eigenvalue weighted by Gasteiger charge is 2.38. The highest BCUT2D eigenvalue weighted by atomic mass is 19.4. The number of carbonyl (C=O) groups is 2. The van der Waals surface area contributed by atoms with E-state index >= 15 is 0 Å². The van der Waals surface area contributed by atoms with Gasteiger partial charge in [-0.25, -0.2) is 4.98 Å². The second-order valence-corrected chi connectivity index (χ2v) is 8.23. The van der Waals surface area contributed by atoms with Gasteiger partial charge in [0.15, 0.2) is 5.82 Å². The zero-order chi connectivity index (χ0) is 21.0. The Balaban J connectivity index is 1.41. The summed E-state index contributed by atoms with van der Waals surface area (Å²) in [5, 5.41) is 0. The highest BCUT2D eigenvalue weighted by Crippen LogP contribution is 2.44. The number of benzene rings is 1. The number of piperazine rings is 1. The van der Waals surface area contributed by atoms with Gasteiger partial charge in [-0.05, 0) is 49.3 Å². The smallest absolute Gasteiger partial charge is 0.336 e. The van der Waals surface area contributed by atoms with Crippen LogP contribution in [0.3, 0.4) is 0 Å². The molecule has 158 valence electrons. The minimum atomic E-state index is -4.56. The van der Waals surface area contributed by atoms with Crippen LogP contribution in [0.2, 0.25) is 0 Å². The number of halogens is 3. The zero-order valence-electron chi connectivity index (χ0n) is 16.2. The third kappa shape index (κ3) is 3.36. The Kier molecular flexibility index (Phi) is 4.37. The van der Waals surface area contributed by atoms with E-state index in [0.717, 1.165) is 31.7 Å². The number of imidazole rings is 1. The number of rotatable bonds is 3. The van der Waals surface area contributed by atoms with Crippen molar-refractivity contribution in [2.45, 2.75) is 43.8 Å². The molecule has 1 saturated heterocycles. The molecule has 3 aliphatic rings. The molecule has 0 spiro atoms. The maximum atomic E-state index is 13.6. The lowest BCUT2D eigenvalue weighted by atomic mass is 10.0. The van der Waals surface area contributed by atoms with Gasteiger partial charge >= 0.3 is 6.18 Å². The molecule has 1 N–H and O–H groups in total. The van der Waals surface area contributed by atoms with E-state index in [-0.39, 0.29) is 41.3 Å². The first kappa shape index (κ1) is 19.1. The Bertz CT molecular complexity index is 1050. The van der Waals surface area contributed by atoms with Gasteiger partial charge in [0, 0.05) is 19.1 Å². The Labute approximate surface area is 170 Å². The van der Waals surface area contributed by atoms with Gasteiger partial charge in [-0.2, -0.15) is 13.2 Å². The molecule has 9 heteroatoms. The van der Waals surface area contributed by atoms with E-state index < -0.39 is 17.6 Å². The zero-order valence-corrected chi connectivity index (χ0v) is 16.2. The molecule has 0 radical (unpaired) electrons. The number of fused-ring (bicyclic) bond motifs is 1. The Hall–Kier alpha value is -2.84. The molecule has 1 aromatic carbocycles. The summed E-state index contributed by atoms with van der Waals surface area (Å²) >= 11 is 0. The van der Waals surface area contributed by atoms with Crippen molar-refractivity contribution < 1.29 is 22.8 Å². The highest BCUT2D eigenvalue weighted by molar-refractivity contribution is 5.97. The SMILES string of the molecule is O=C(c1nc2c(C(F)(F)F)cc(C3CC3)cc2[nH]1)N1CCN(C2CC=CC2)C(=O)C1. The number of nitrogens with one attached hydrogen (secondary N) is 1. The molecule has 0 atom stereocenters. The predicted molar refractivity (Wildman–Crippen MR) is 103 cm³/mol. The fraction of sp³-hybridized carbons (Fsp3) is 0.476. The molecule has 2 heterocycles. The molecule has 2 fully saturated rings. The van der Waals surface area contributed by atoms with Crippen LogP contribution in [-0.2, 0) is 11.0 Å². The average Bonchev–Trinajstić information content (AvgIpc) is 3.23. The van der Waals surface area contributed by atoms with Crippen LogP contribution in [0.5, 0.6) is 0 Å². The van der Waals surface area contributed by atoms with Crippen molar-refractivity contribution in [1.82, 2.24) is 19.8 Å². The monoisotopic (exact) mass is 418 g/mol. The van der Waals surface area contributed by atoms with E-state index in [4.69, 9.17) is 0 Å². The van der Waals surface area contributed by atoms with Gasteiger partial charge in [0.25, 0.3) is 5.91 Å². The van der Waals surface area contributed by atoms with Crippen LogP contribution in [0.25, 0.3) is 11.0 Å². The number of nitrogens with zero attached hydrogens (tertiary/aromatic N) is 3. The number of hydrogen-bond acceptors (Lipinski definition) is 3. The molecule has 5 rings (SSSR count). The molecule has 2 aliphatic carbocycles. The van der Waals surface area contributed by atoms with Crippen LogP contribution in [0.4, 0.5) is 13.2 Å². The summed E-state index contributed by atoms with van der Waals surface area (Å²) in [5.74, 6) is -0.725. The lowest BCUT2D eigenvalue weighted by Crippen LogP contribution is -2.55. The summed E-state index contributed by atoms with van der Waals surface area (Å²) in [6.07, 6.45) is 2.88. The first-order valence-electron chi connectivity index (χ1n) is 10.2. The topological polar surface area (TPSA) is 69.3 Å². The third-order valence-corrected chi connectivity index (χ3v) is 6.13. The molecule has 1 saturated carbocycles. The Morgan fingerprint density at radius 2 is 1.87 bits per heavy atom. The van der Waals surface area contributed by atoms with Gasteiger partial charge in [-0.15, -0.1) is 0 Å². The minimum Gasteiger partial charge on any atom is -0.336 e. The van der Waals surface area contributed by atoms with Gasteiger partial charge in [0.05, 0.1) is 11.1 Å². The standard InChI is InChI=1S/C21H21F3N4O2/c22-21(23,24)15-9-13(12-5-6-12)10-16-18(15)26-19(25-16)20(30)27-7-8-28(17(29)11-27)14-3-1-2-4-14/h1-2,9-10,12,14H,3-8,11H2,(H,25,26). The summed E-state index contributed by atoms with van der Waals surface area (Å²) < 4.78 is 40.8. The van der Waals surface area contributed by atoms with Gasteiger partial charge in [0.1, 0.15) is 12.1 Å². The largest absolute Gasteiger partial charge is 0.418 e. The second-order valence-electron chi connectivity index (χ2n) is 8.23. The number of carbonyl (C=O) groups excluding carboxylic acids is 2. The first-order valence-corrected chi connectivity index (χ1v) is 10.2. The minimum absolute atomic E-state index is 0.0914. The maximum absolute atomic E-state index is 13.6. The fourth-order valence-corrected chi connectivity index (χ4v) is 4.36. The van der Waals surface area contributed by atoms with Crippen molar-refractivity contribution in [3.8, 4) is 0 Å². The van der Waals surface area contributed by atoms with Crippen LogP contribution < -0.4 is 0 Å². The molecular weight excluding hydrogens is 397 g/mol. The van der Waals surface area contributed by atoms with Crippen molar-refractivity contribution in [3.63, 3.8) is 0 Å². The number of amides is 2. The quantitative estimate of drug-likeness (QED) is 0.777. The van der Waals surface area contributed by atoms with Gasteiger partial charge in [-0.1, -0.05) is 12.2 Å². The lowest BCUT2D eigenvalue weighted by molar-refractivity contribution is -0.137. The van der Waals surface area contributed by atoms with Crippen molar-refractivity contribution in [3.05, 3.63) is 41.2 Å². The number of aromatic amines is 1. The summed E-state index contributed by atoms with van der Waals surface area (Å²) in [7, 11) is 0. The van der Waals surface area contributed by atoms with Crippen LogP contribution in [0, 0.1) is 0 Å². The van der Waals surface area contributed by atoms with Crippen molar-refractivity contribution in [2.75, 3.05) is 19.6 Å². The molecule has 6 nitrogen and oxygen atoms in total. The van der Waals surface area contributed by atoms with Gasteiger partial charge in [-0.3, -0.25) is 9.59 Å². The first-order chi connectivity index (χ1) is 14.3. The van der Waals surface area contributed by atoms with Crippen LogP contribution >= 0.6 is 0 Å². The molecule has 2 amide bonds. The van der Waals surface area contributed by atoms with Gasteiger partial charge in [0.2, 0.25) is 5.91 Å². The summed E-state index contributed by atoms with van der Waals surface area (Å²) in [5.41, 5.74) is -0.257. The van der Waals surface area contributed by atoms with E-state index in [1.165, 1.54) is 4.90 Å². The van der Waals surface area contributed by atoms with E-state index in [1.54, 1.807) is 11.0 Å². The summed E-state index contributed by atoms with van der Waals surface area (Å²) in [6.45, 7) is 0.653. The molecule has 0 unspecified atom stereocenters. The van der Waals surface area contributed by atoms with E-state index in [0.29, 0.717) is 18.7 Å². The maximum Gasteiger partial charge on any atom is 0.418 e. The molecule has 30 heavy (non-hydrogen) atoms. The van der Waals surface area contributed by atoms with Gasteiger partial charge < -0.3 is 14.8 Å². The molecular formula is C21H21F3N4O2. The normalized spacial score (nSPS) is 20.6. The van der Waals surface area contributed by atoms with E-state index in [9.17, 15) is 22.8 Å². The number of hydrogen-bond donors (Lipinski definition) is 1. The van der Waals surface area contributed by atoms with Crippen LogP contribution in [-0.4, -0.2) is 57.3 Å². The predicted octanol–water partition coefficient (Wildman–Crippen LogP) is 3.46. The summed E-state index contributed by atoms with van der Waals surface area (Å²) in [4.78, 5) is 35.3. The van der Waals surface area contributed by atoms with Crippen molar-refractivity contribution in [2.24, 2.45) is 0 Å². The van der Waals surface area contributed by atoms with E-state index in [2.05, 4.69) is 9.97 Å². The Morgan fingerprint density at radius 1 is 1.13 bits per heavy atom. The molecule has 0 bridgehead atoms. The second kappa shape index (κ2) is 6.85. The van der Waals surface area contributed by atoms with Crippen molar-refractivity contribution in [1.29, 1.82) is 0 Å². The number of aromatic nitrogens is 2. The average molecular weight is 418 g/mol. The number of H-pyrrole nitrogens is 1. The number of alkyl halides is 3. The fourth-order valence-electron chi connectivity index (χ4n) is 4.36. The lowest BCUT2D eigenvalue weighted by Gasteiger charge is -2.37. The van der Waals surface area contributed by atoms with E-state index in [1.807, 2.05) is 12.2 Å². The summed E-state index contributed by atoms with van der Waals surface area (Å²) in [6, 6.07) is 2.94. The Morgan fingerprint density at radius 3 is 2.50 bits per heavy atom. The molecule has 2 aromatic rings.